The summed E-state index contributed by atoms with van der Waals surface area (Å²) in [5.41, 5.74) is 13.1. The third kappa shape index (κ3) is 15.3. The van der Waals surface area contributed by atoms with Crippen LogP contribution in [0.2, 0.25) is 0 Å². The second-order valence-electron chi connectivity index (χ2n) is 15.4. The second-order valence-corrected chi connectivity index (χ2v) is 15.9. The molecular weight excluding hydrogens is 585 g/mol. The summed E-state index contributed by atoms with van der Waals surface area (Å²) in [6, 6.07) is 27.3. The topological polar surface area (TPSA) is 0 Å². The van der Waals surface area contributed by atoms with Crippen molar-refractivity contribution >= 4 is 17.6 Å². The number of thiocarbonyl (C=S) groups is 1. The van der Waals surface area contributed by atoms with E-state index >= 15 is 0 Å². The molecule has 47 heavy (non-hydrogen) atoms. The molecule has 0 saturated heterocycles. The smallest absolute Gasteiger partial charge is 0.0215 e. The van der Waals surface area contributed by atoms with Gasteiger partial charge in [0.05, 0.1) is 0 Å². The number of allylic oxidation sites excluding steroid dienone is 4. The average Bonchev–Trinajstić information content (AvgIpc) is 2.98. The lowest BCUT2D eigenvalue weighted by Crippen LogP contribution is -2.28. The van der Waals surface area contributed by atoms with Crippen LogP contribution in [0.15, 0.2) is 95.6 Å². The molecule has 3 aromatic carbocycles. The molecule has 1 unspecified atom stereocenters. The Bertz CT molecular complexity index is 1390. The van der Waals surface area contributed by atoms with E-state index in [-0.39, 0.29) is 10.8 Å². The third-order valence-corrected chi connectivity index (χ3v) is 9.31. The summed E-state index contributed by atoms with van der Waals surface area (Å²) in [5.74, 6) is 0.647. The zero-order valence-corrected chi connectivity index (χ0v) is 34.3. The van der Waals surface area contributed by atoms with Crippen molar-refractivity contribution < 1.29 is 0 Å². The predicted octanol–water partition coefficient (Wildman–Crippen LogP) is 14.4. The molecule has 0 aliphatic heterocycles. The largest absolute Gasteiger partial charge is 0.0938 e. The Labute approximate surface area is 298 Å². The summed E-state index contributed by atoms with van der Waals surface area (Å²) in [6.45, 7) is 37.5. The first-order chi connectivity index (χ1) is 21.8. The molecule has 1 atom stereocenters. The zero-order chi connectivity index (χ0) is 36.6. The minimum Gasteiger partial charge on any atom is -0.0938 e. The van der Waals surface area contributed by atoms with Gasteiger partial charge in [-0.05, 0) is 106 Å². The van der Waals surface area contributed by atoms with Crippen LogP contribution >= 0.6 is 12.2 Å². The van der Waals surface area contributed by atoms with Crippen LogP contribution in [-0.4, -0.2) is 5.37 Å². The molecule has 0 aliphatic carbocycles. The van der Waals surface area contributed by atoms with Crippen molar-refractivity contribution in [2.24, 2.45) is 16.7 Å². The maximum Gasteiger partial charge on any atom is 0.0215 e. The monoisotopic (exact) mass is 655 g/mol. The maximum absolute atomic E-state index is 4.27. The first kappa shape index (κ1) is 44.2. The lowest BCUT2D eigenvalue weighted by Gasteiger charge is -2.34. The quantitative estimate of drug-likeness (QED) is 0.172. The number of hydrogen-bond acceptors (Lipinski definition) is 1. The summed E-state index contributed by atoms with van der Waals surface area (Å²) in [5, 5.41) is 1.58. The number of aryl methyl sites for hydroxylation is 2. The van der Waals surface area contributed by atoms with E-state index in [1.54, 1.807) is 5.37 Å². The highest BCUT2D eigenvalue weighted by molar-refractivity contribution is 7.78. The van der Waals surface area contributed by atoms with Gasteiger partial charge in [-0.3, -0.25) is 0 Å². The summed E-state index contributed by atoms with van der Waals surface area (Å²) in [4.78, 5) is 0. The van der Waals surface area contributed by atoms with E-state index in [1.807, 2.05) is 20.8 Å². The Morgan fingerprint density at radius 3 is 1.64 bits per heavy atom. The van der Waals surface area contributed by atoms with Crippen molar-refractivity contribution in [3.63, 3.8) is 0 Å². The van der Waals surface area contributed by atoms with Gasteiger partial charge in [-0.25, -0.2) is 0 Å². The molecule has 3 aromatic rings. The highest BCUT2D eigenvalue weighted by Crippen LogP contribution is 2.38. The summed E-state index contributed by atoms with van der Waals surface area (Å²) >= 11 is 4.27. The van der Waals surface area contributed by atoms with Crippen molar-refractivity contribution in [2.45, 2.75) is 136 Å². The fourth-order valence-electron chi connectivity index (χ4n) is 5.44. The van der Waals surface area contributed by atoms with E-state index in [4.69, 9.17) is 0 Å². The molecule has 0 aromatic heterocycles. The van der Waals surface area contributed by atoms with Crippen LogP contribution in [0.5, 0.6) is 0 Å². The Hall–Kier alpha value is -2.77. The van der Waals surface area contributed by atoms with Crippen LogP contribution in [-0.2, 0) is 18.3 Å². The molecule has 0 radical (unpaired) electrons. The van der Waals surface area contributed by atoms with Crippen molar-refractivity contribution in [1.29, 1.82) is 0 Å². The van der Waals surface area contributed by atoms with Crippen LogP contribution in [0.25, 0.3) is 0 Å². The molecule has 0 N–H and O–H groups in total. The first-order valence-electron chi connectivity index (χ1n) is 17.7. The average molecular weight is 655 g/mol. The Balaban J connectivity index is 0.00000104. The molecule has 1 heteroatoms. The molecular formula is C46H70S. The maximum atomic E-state index is 4.27. The van der Waals surface area contributed by atoms with Gasteiger partial charge in [0.1, 0.15) is 0 Å². The molecule has 260 valence electrons. The predicted molar refractivity (Wildman–Crippen MR) is 219 cm³/mol. The van der Waals surface area contributed by atoms with E-state index in [0.29, 0.717) is 11.3 Å². The standard InChI is InChI=1S/C30H38.C12H22.C2H4S.C2H6/c1-22(2)29(5,6)20-26-17-24(4)18-28(19-26)30(7,21-25-11-9-8-10-12-25)27-15-13-23(3)14-16-27;1-9(2)8-10(3)11(4)12(5,6)7;1-2-3;1-2/h8-19,22H,20-21H2,1-7H3;8H,1-7H3;2H,1H3;1-2H3/b;11-10+;;. The summed E-state index contributed by atoms with van der Waals surface area (Å²) in [6.07, 6.45) is 4.35. The fourth-order valence-corrected chi connectivity index (χ4v) is 5.44. The van der Waals surface area contributed by atoms with E-state index in [1.165, 1.54) is 50.1 Å². The van der Waals surface area contributed by atoms with Crippen LogP contribution < -0.4 is 0 Å². The Kier molecular flexibility index (Phi) is 19.4. The molecule has 0 bridgehead atoms. The van der Waals surface area contributed by atoms with Crippen molar-refractivity contribution in [1.82, 2.24) is 0 Å². The normalized spacial score (nSPS) is 12.9. The van der Waals surface area contributed by atoms with Gasteiger partial charge in [0.15, 0.2) is 0 Å². The Morgan fingerprint density at radius 1 is 0.681 bits per heavy atom. The molecule has 0 spiro atoms. The van der Waals surface area contributed by atoms with Gasteiger partial charge < -0.3 is 0 Å². The van der Waals surface area contributed by atoms with Gasteiger partial charge in [0.25, 0.3) is 0 Å². The highest BCUT2D eigenvalue weighted by atomic mass is 32.1. The molecule has 0 saturated carbocycles. The van der Waals surface area contributed by atoms with Crippen molar-refractivity contribution in [3.05, 3.63) is 129 Å². The van der Waals surface area contributed by atoms with Gasteiger partial charge >= 0.3 is 0 Å². The van der Waals surface area contributed by atoms with Gasteiger partial charge in [-0.1, -0.05) is 188 Å². The van der Waals surface area contributed by atoms with Crippen molar-refractivity contribution in [3.8, 4) is 0 Å². The SMILES string of the molecule is CC.CC(C)=C/C(C)=C(\C)C(C)(C)C.CC=S.Cc1ccc(C(C)(Cc2ccccc2)c2cc(C)cc(CC(C)(C)C(C)C)c2)cc1. The van der Waals surface area contributed by atoms with E-state index in [9.17, 15) is 0 Å². The molecule has 3 rings (SSSR count). The first-order valence-corrected chi connectivity index (χ1v) is 18.2. The number of rotatable bonds is 8. The number of hydrogen-bond donors (Lipinski definition) is 0. The molecule has 0 amide bonds. The van der Waals surface area contributed by atoms with Crippen LogP contribution in [0.1, 0.15) is 137 Å². The lowest BCUT2D eigenvalue weighted by molar-refractivity contribution is 0.248. The summed E-state index contributed by atoms with van der Waals surface area (Å²) < 4.78 is 0. The van der Waals surface area contributed by atoms with E-state index in [0.717, 1.165) is 12.8 Å². The van der Waals surface area contributed by atoms with E-state index < -0.39 is 0 Å². The second kappa shape index (κ2) is 20.6. The Morgan fingerprint density at radius 2 is 1.19 bits per heavy atom. The van der Waals surface area contributed by atoms with Crippen LogP contribution in [0.4, 0.5) is 0 Å². The molecule has 0 nitrogen and oxygen atoms in total. The van der Waals surface area contributed by atoms with Gasteiger partial charge in [-0.15, -0.1) is 0 Å². The van der Waals surface area contributed by atoms with Gasteiger partial charge in [-0.2, -0.15) is 0 Å². The molecule has 0 fully saturated rings. The van der Waals surface area contributed by atoms with Crippen molar-refractivity contribution in [2.75, 3.05) is 0 Å². The lowest BCUT2D eigenvalue weighted by atomic mass is 9.70. The number of benzene rings is 3. The third-order valence-electron chi connectivity index (χ3n) is 9.31. The fraction of sp³-hybridized carbons (Fsp3) is 0.500. The zero-order valence-electron chi connectivity index (χ0n) is 33.5. The van der Waals surface area contributed by atoms with E-state index in [2.05, 4.69) is 188 Å². The highest BCUT2D eigenvalue weighted by Gasteiger charge is 2.31. The van der Waals surface area contributed by atoms with Gasteiger partial charge in [0, 0.05) is 5.41 Å². The van der Waals surface area contributed by atoms with Crippen LogP contribution in [0, 0.1) is 30.6 Å². The van der Waals surface area contributed by atoms with Gasteiger partial charge in [0.2, 0.25) is 0 Å². The minimum absolute atomic E-state index is 0.0716. The summed E-state index contributed by atoms with van der Waals surface area (Å²) in [7, 11) is 0. The molecule has 0 aliphatic rings. The molecule has 0 heterocycles. The minimum atomic E-state index is -0.0716. The van der Waals surface area contributed by atoms with Crippen LogP contribution in [0.3, 0.4) is 0 Å².